The number of anilines is 1. The molecule has 0 saturated carbocycles. The molecule has 0 radical (unpaired) electrons. The zero-order valence-electron chi connectivity index (χ0n) is 5.50. The molecule has 1 heterocycles. The molecule has 0 amide bonds. The van der Waals surface area contributed by atoms with Crippen LogP contribution in [-0.4, -0.2) is 9.97 Å². The molecular weight excluding hydrogens is 128 g/mol. The number of nitrogens with two attached hydrogens (primary N) is 1. The van der Waals surface area contributed by atoms with Crippen LogP contribution in [0, 0.1) is 18.3 Å². The SMILES string of the molecule is Cc1ncnc(N)c1C#N. The van der Waals surface area contributed by atoms with Crippen LogP contribution >= 0.6 is 0 Å². The third-order valence-electron chi connectivity index (χ3n) is 1.18. The number of hydrogen-bond acceptors (Lipinski definition) is 4. The predicted octanol–water partition coefficient (Wildman–Crippen LogP) is 0.239. The molecule has 0 unspecified atom stereocenters. The summed E-state index contributed by atoms with van der Waals surface area (Å²) in [5.74, 6) is 0.245. The fourth-order valence-corrected chi connectivity index (χ4v) is 0.630. The third-order valence-corrected chi connectivity index (χ3v) is 1.18. The largest absolute Gasteiger partial charge is 0.382 e. The van der Waals surface area contributed by atoms with Crippen molar-refractivity contribution in [3.8, 4) is 6.07 Å². The normalized spacial score (nSPS) is 8.80. The number of nitrogens with zero attached hydrogens (tertiary/aromatic N) is 3. The van der Waals surface area contributed by atoms with Crippen LogP contribution in [0.25, 0.3) is 0 Å². The number of rotatable bonds is 0. The predicted molar refractivity (Wildman–Crippen MR) is 35.9 cm³/mol. The van der Waals surface area contributed by atoms with E-state index in [9.17, 15) is 0 Å². The van der Waals surface area contributed by atoms with Crippen LogP contribution in [0.3, 0.4) is 0 Å². The van der Waals surface area contributed by atoms with E-state index in [1.807, 2.05) is 6.07 Å². The standard InChI is InChI=1S/C6H6N4/c1-4-5(2-7)6(8)10-3-9-4/h3H,1H3,(H2,8,9,10). The minimum atomic E-state index is 0.245. The van der Waals surface area contributed by atoms with Gasteiger partial charge in [-0.15, -0.1) is 0 Å². The second-order valence-corrected chi connectivity index (χ2v) is 1.83. The Kier molecular flexibility index (Phi) is 1.50. The number of aryl methyl sites for hydroxylation is 1. The molecule has 0 saturated heterocycles. The van der Waals surface area contributed by atoms with Gasteiger partial charge in [0.25, 0.3) is 0 Å². The smallest absolute Gasteiger partial charge is 0.145 e. The quantitative estimate of drug-likeness (QED) is 0.551. The zero-order valence-corrected chi connectivity index (χ0v) is 5.50. The summed E-state index contributed by atoms with van der Waals surface area (Å²) in [5, 5.41) is 8.49. The van der Waals surface area contributed by atoms with Gasteiger partial charge in [0, 0.05) is 0 Å². The van der Waals surface area contributed by atoms with E-state index in [0.717, 1.165) is 0 Å². The molecule has 0 fully saturated rings. The highest BCUT2D eigenvalue weighted by molar-refractivity contribution is 5.49. The van der Waals surface area contributed by atoms with Crippen molar-refractivity contribution in [3.63, 3.8) is 0 Å². The lowest BCUT2D eigenvalue weighted by Crippen LogP contribution is -1.98. The van der Waals surface area contributed by atoms with Crippen LogP contribution in [0.1, 0.15) is 11.3 Å². The molecule has 0 atom stereocenters. The summed E-state index contributed by atoms with van der Waals surface area (Å²) in [6, 6.07) is 1.91. The summed E-state index contributed by atoms with van der Waals surface area (Å²) < 4.78 is 0. The molecule has 0 aliphatic carbocycles. The first-order chi connectivity index (χ1) is 4.75. The molecule has 4 heteroatoms. The average Bonchev–Trinajstić information content (AvgIpc) is 1.88. The van der Waals surface area contributed by atoms with Crippen molar-refractivity contribution in [3.05, 3.63) is 17.6 Å². The van der Waals surface area contributed by atoms with Gasteiger partial charge in [-0.25, -0.2) is 9.97 Å². The Morgan fingerprint density at radius 2 is 2.30 bits per heavy atom. The van der Waals surface area contributed by atoms with Gasteiger partial charge in [0.15, 0.2) is 0 Å². The van der Waals surface area contributed by atoms with Crippen molar-refractivity contribution in [2.75, 3.05) is 5.73 Å². The van der Waals surface area contributed by atoms with Crippen LogP contribution < -0.4 is 5.73 Å². The molecular formula is C6H6N4. The molecule has 4 nitrogen and oxygen atoms in total. The molecule has 50 valence electrons. The van der Waals surface area contributed by atoms with E-state index in [2.05, 4.69) is 9.97 Å². The average molecular weight is 134 g/mol. The van der Waals surface area contributed by atoms with Crippen molar-refractivity contribution in [1.29, 1.82) is 5.26 Å². The highest BCUT2D eigenvalue weighted by Crippen LogP contribution is 2.07. The van der Waals surface area contributed by atoms with E-state index < -0.39 is 0 Å². The summed E-state index contributed by atoms with van der Waals surface area (Å²) in [5.41, 5.74) is 6.34. The van der Waals surface area contributed by atoms with Gasteiger partial charge >= 0.3 is 0 Å². The van der Waals surface area contributed by atoms with Gasteiger partial charge in [-0.05, 0) is 6.92 Å². The molecule has 10 heavy (non-hydrogen) atoms. The Hall–Kier alpha value is -1.63. The summed E-state index contributed by atoms with van der Waals surface area (Å²) in [6.07, 6.45) is 1.34. The van der Waals surface area contributed by atoms with Crippen molar-refractivity contribution in [2.24, 2.45) is 0 Å². The molecule has 1 rings (SSSR count). The molecule has 0 aliphatic rings. The molecule has 1 aromatic rings. The number of nitriles is 1. The van der Waals surface area contributed by atoms with Gasteiger partial charge in [0.1, 0.15) is 23.8 Å². The fourth-order valence-electron chi connectivity index (χ4n) is 0.630. The van der Waals surface area contributed by atoms with E-state index in [-0.39, 0.29) is 5.82 Å². The van der Waals surface area contributed by atoms with Crippen molar-refractivity contribution >= 4 is 5.82 Å². The lowest BCUT2D eigenvalue weighted by molar-refractivity contribution is 1.09. The number of hydrogen-bond donors (Lipinski definition) is 1. The molecule has 0 bridgehead atoms. The minimum Gasteiger partial charge on any atom is -0.382 e. The summed E-state index contributed by atoms with van der Waals surface area (Å²) >= 11 is 0. The van der Waals surface area contributed by atoms with E-state index >= 15 is 0 Å². The second kappa shape index (κ2) is 2.31. The van der Waals surface area contributed by atoms with Gasteiger partial charge in [-0.2, -0.15) is 5.26 Å². The molecule has 2 N–H and O–H groups in total. The molecule has 0 aromatic carbocycles. The second-order valence-electron chi connectivity index (χ2n) is 1.83. The Labute approximate surface area is 58.3 Å². The summed E-state index contributed by atoms with van der Waals surface area (Å²) in [4.78, 5) is 7.45. The first kappa shape index (κ1) is 6.49. The van der Waals surface area contributed by atoms with Crippen molar-refractivity contribution in [1.82, 2.24) is 9.97 Å². The first-order valence-corrected chi connectivity index (χ1v) is 2.73. The monoisotopic (exact) mass is 134 g/mol. The van der Waals surface area contributed by atoms with Gasteiger partial charge in [-0.3, -0.25) is 0 Å². The lowest BCUT2D eigenvalue weighted by atomic mass is 10.2. The van der Waals surface area contributed by atoms with E-state index in [4.69, 9.17) is 11.0 Å². The first-order valence-electron chi connectivity index (χ1n) is 2.73. The van der Waals surface area contributed by atoms with Crippen LogP contribution in [0.15, 0.2) is 6.33 Å². The maximum Gasteiger partial charge on any atom is 0.145 e. The van der Waals surface area contributed by atoms with Crippen molar-refractivity contribution in [2.45, 2.75) is 6.92 Å². The van der Waals surface area contributed by atoms with Gasteiger partial charge < -0.3 is 5.73 Å². The summed E-state index contributed by atoms with van der Waals surface area (Å²) in [7, 11) is 0. The van der Waals surface area contributed by atoms with Crippen LogP contribution in [0.4, 0.5) is 5.82 Å². The molecule has 0 aliphatic heterocycles. The van der Waals surface area contributed by atoms with Crippen LogP contribution in [0.2, 0.25) is 0 Å². The van der Waals surface area contributed by atoms with Gasteiger partial charge in [0.05, 0.1) is 5.69 Å². The van der Waals surface area contributed by atoms with E-state index in [1.54, 1.807) is 6.92 Å². The maximum absolute atomic E-state index is 8.49. The highest BCUT2D eigenvalue weighted by Gasteiger charge is 2.01. The fraction of sp³-hybridized carbons (Fsp3) is 0.167. The topological polar surface area (TPSA) is 75.6 Å². The Bertz CT molecular complexity index is 266. The van der Waals surface area contributed by atoms with Gasteiger partial charge in [0.2, 0.25) is 0 Å². The summed E-state index contributed by atoms with van der Waals surface area (Å²) in [6.45, 7) is 1.72. The molecule has 1 aromatic heterocycles. The van der Waals surface area contributed by atoms with Crippen molar-refractivity contribution < 1.29 is 0 Å². The highest BCUT2D eigenvalue weighted by atomic mass is 14.9. The Morgan fingerprint density at radius 1 is 1.60 bits per heavy atom. The molecule has 0 spiro atoms. The van der Waals surface area contributed by atoms with E-state index in [0.29, 0.717) is 11.3 Å². The maximum atomic E-state index is 8.49. The number of aromatic nitrogens is 2. The zero-order chi connectivity index (χ0) is 7.56. The number of nitrogen functional groups attached to an aromatic ring is 1. The van der Waals surface area contributed by atoms with Gasteiger partial charge in [-0.1, -0.05) is 0 Å². The third kappa shape index (κ3) is 0.890. The van der Waals surface area contributed by atoms with E-state index in [1.165, 1.54) is 6.33 Å². The minimum absolute atomic E-state index is 0.245. The van der Waals surface area contributed by atoms with Crippen LogP contribution in [-0.2, 0) is 0 Å². The Morgan fingerprint density at radius 3 is 2.70 bits per heavy atom. The van der Waals surface area contributed by atoms with Crippen LogP contribution in [0.5, 0.6) is 0 Å². The lowest BCUT2D eigenvalue weighted by Gasteiger charge is -1.95. The Balaban J connectivity index is 3.34.